The van der Waals surface area contributed by atoms with Crippen molar-refractivity contribution in [2.24, 2.45) is 5.73 Å². The van der Waals surface area contributed by atoms with E-state index in [-0.39, 0.29) is 24.9 Å². The van der Waals surface area contributed by atoms with E-state index in [2.05, 4.69) is 12.0 Å². The highest BCUT2D eigenvalue weighted by molar-refractivity contribution is 6.30. The van der Waals surface area contributed by atoms with Gasteiger partial charge in [-0.1, -0.05) is 17.5 Å². The van der Waals surface area contributed by atoms with Crippen molar-refractivity contribution >= 4 is 11.6 Å². The van der Waals surface area contributed by atoms with Gasteiger partial charge in [-0.05, 0) is 24.3 Å². The van der Waals surface area contributed by atoms with E-state index in [1.807, 2.05) is 0 Å². The number of fused-ring (bicyclic) bond motifs is 2. The molecule has 7 heteroatoms. The Labute approximate surface area is 160 Å². The molecule has 2 N–H and O–H groups in total. The highest BCUT2D eigenvalue weighted by Crippen LogP contribution is 2.49. The molecule has 0 spiro atoms. The highest BCUT2D eigenvalue weighted by atomic mass is 35.5. The zero-order chi connectivity index (χ0) is 19.0. The van der Waals surface area contributed by atoms with Gasteiger partial charge in [-0.2, -0.15) is 5.26 Å². The standard InChI is InChI=1S/C20H13ClN2O4/c1-2-5-24-15-4-3-11(21)6-12(15)19-13-7-17-18(26-10-25-17)8-16(13)27-20(23)14(19)9-22/h1,3-4,6-8,19H,5,10,23H2/t19-/m1/s1. The Hall–Kier alpha value is -3.48. The van der Waals surface area contributed by atoms with Crippen molar-refractivity contribution in [3.8, 4) is 41.4 Å². The van der Waals surface area contributed by atoms with E-state index in [0.717, 1.165) is 0 Å². The molecule has 4 rings (SSSR count). The number of rotatable bonds is 3. The first-order valence-corrected chi connectivity index (χ1v) is 8.37. The van der Waals surface area contributed by atoms with Gasteiger partial charge >= 0.3 is 0 Å². The number of benzene rings is 2. The Morgan fingerprint density at radius 2 is 1.96 bits per heavy atom. The number of halogens is 1. The van der Waals surface area contributed by atoms with E-state index in [4.69, 9.17) is 42.7 Å². The van der Waals surface area contributed by atoms with Gasteiger partial charge in [0.1, 0.15) is 29.7 Å². The second-order valence-corrected chi connectivity index (χ2v) is 6.28. The molecule has 0 saturated carbocycles. The molecule has 0 radical (unpaired) electrons. The van der Waals surface area contributed by atoms with Crippen LogP contribution in [0.25, 0.3) is 0 Å². The van der Waals surface area contributed by atoms with Crippen LogP contribution in [0.15, 0.2) is 41.8 Å². The lowest BCUT2D eigenvalue weighted by Crippen LogP contribution is -2.21. The quantitative estimate of drug-likeness (QED) is 0.822. The van der Waals surface area contributed by atoms with Crippen LogP contribution in [0.1, 0.15) is 17.0 Å². The molecule has 6 nitrogen and oxygen atoms in total. The largest absolute Gasteiger partial charge is 0.481 e. The molecule has 0 unspecified atom stereocenters. The fraction of sp³-hybridized carbons (Fsp3) is 0.150. The molecule has 134 valence electrons. The molecule has 1 atom stereocenters. The van der Waals surface area contributed by atoms with Crippen molar-refractivity contribution in [2.75, 3.05) is 13.4 Å². The summed E-state index contributed by atoms with van der Waals surface area (Å²) in [6.45, 7) is 0.192. The van der Waals surface area contributed by atoms with Crippen LogP contribution < -0.4 is 24.7 Å². The van der Waals surface area contributed by atoms with Gasteiger partial charge in [0, 0.05) is 22.2 Å². The lowest BCUT2D eigenvalue weighted by atomic mass is 9.83. The van der Waals surface area contributed by atoms with Crippen molar-refractivity contribution in [2.45, 2.75) is 5.92 Å². The zero-order valence-electron chi connectivity index (χ0n) is 14.0. The maximum atomic E-state index is 9.72. The summed E-state index contributed by atoms with van der Waals surface area (Å²) >= 11 is 6.22. The molecule has 2 aliphatic rings. The lowest BCUT2D eigenvalue weighted by Gasteiger charge is -2.27. The van der Waals surface area contributed by atoms with E-state index < -0.39 is 5.92 Å². The number of hydrogen-bond donors (Lipinski definition) is 1. The predicted octanol–water partition coefficient (Wildman–Crippen LogP) is 3.30. The number of ether oxygens (including phenoxy) is 4. The van der Waals surface area contributed by atoms with Crippen LogP contribution >= 0.6 is 11.6 Å². The van der Waals surface area contributed by atoms with Gasteiger partial charge in [0.05, 0.1) is 5.92 Å². The first-order chi connectivity index (χ1) is 13.1. The molecule has 2 heterocycles. The third-order valence-electron chi connectivity index (χ3n) is 4.30. The maximum absolute atomic E-state index is 9.72. The van der Waals surface area contributed by atoms with Crippen LogP contribution in [-0.2, 0) is 0 Å². The molecule has 27 heavy (non-hydrogen) atoms. The van der Waals surface area contributed by atoms with Crippen molar-refractivity contribution < 1.29 is 18.9 Å². The van der Waals surface area contributed by atoms with Gasteiger partial charge in [-0.15, -0.1) is 6.42 Å². The summed E-state index contributed by atoms with van der Waals surface area (Å²) in [5.74, 6) is 3.98. The molecular formula is C20H13ClN2O4. The van der Waals surface area contributed by atoms with E-state index in [9.17, 15) is 5.26 Å². The number of nitrogens with zero attached hydrogens (tertiary/aromatic N) is 1. The fourth-order valence-electron chi connectivity index (χ4n) is 3.16. The fourth-order valence-corrected chi connectivity index (χ4v) is 3.34. The molecule has 0 fully saturated rings. The first kappa shape index (κ1) is 17.0. The van der Waals surface area contributed by atoms with E-state index in [0.29, 0.717) is 39.1 Å². The second kappa shape index (κ2) is 6.68. The van der Waals surface area contributed by atoms with Gasteiger partial charge in [0.2, 0.25) is 12.7 Å². The minimum absolute atomic E-state index is 0.0109. The third-order valence-corrected chi connectivity index (χ3v) is 4.54. The van der Waals surface area contributed by atoms with Crippen molar-refractivity contribution in [3.05, 3.63) is 57.9 Å². The molecule has 2 aliphatic heterocycles. The topological polar surface area (TPSA) is 86.7 Å². The van der Waals surface area contributed by atoms with Crippen LogP contribution in [0, 0.1) is 23.7 Å². The summed E-state index contributed by atoms with van der Waals surface area (Å²) in [5, 5.41) is 10.2. The highest BCUT2D eigenvalue weighted by Gasteiger charge is 2.35. The summed E-state index contributed by atoms with van der Waals surface area (Å²) in [4.78, 5) is 0. The Kier molecular flexibility index (Phi) is 4.19. The molecule has 0 saturated heterocycles. The second-order valence-electron chi connectivity index (χ2n) is 5.84. The van der Waals surface area contributed by atoms with Crippen LogP contribution in [0.5, 0.6) is 23.0 Å². The van der Waals surface area contributed by atoms with Gasteiger partial charge in [0.15, 0.2) is 11.5 Å². The summed E-state index contributed by atoms with van der Waals surface area (Å²) in [5.41, 5.74) is 7.61. The number of allylic oxidation sites excluding steroid dienone is 1. The summed E-state index contributed by atoms with van der Waals surface area (Å²) in [7, 11) is 0. The molecule has 0 bridgehead atoms. The van der Waals surface area contributed by atoms with Crippen LogP contribution in [0.3, 0.4) is 0 Å². The third kappa shape index (κ3) is 2.87. The average Bonchev–Trinajstić information content (AvgIpc) is 3.11. The Morgan fingerprint density at radius 3 is 2.70 bits per heavy atom. The van der Waals surface area contributed by atoms with Crippen molar-refractivity contribution in [1.29, 1.82) is 5.26 Å². The molecule has 2 aromatic rings. The molecule has 0 aliphatic carbocycles. The van der Waals surface area contributed by atoms with Gasteiger partial charge in [-0.3, -0.25) is 0 Å². The van der Waals surface area contributed by atoms with Gasteiger partial charge in [0.25, 0.3) is 0 Å². The van der Waals surface area contributed by atoms with Crippen LogP contribution in [0.2, 0.25) is 5.02 Å². The van der Waals surface area contributed by atoms with Crippen molar-refractivity contribution in [1.82, 2.24) is 0 Å². The minimum atomic E-state index is -0.556. The van der Waals surface area contributed by atoms with E-state index in [1.165, 1.54) is 0 Å². The predicted molar refractivity (Wildman–Crippen MR) is 97.6 cm³/mol. The van der Waals surface area contributed by atoms with E-state index in [1.54, 1.807) is 30.3 Å². The SMILES string of the molecule is C#CCOc1ccc(Cl)cc1[C@H]1C(C#N)=C(N)Oc2cc3c(cc21)OCO3. The first-order valence-electron chi connectivity index (χ1n) is 7.99. The van der Waals surface area contributed by atoms with Gasteiger partial charge in [-0.25, -0.2) is 0 Å². The Morgan fingerprint density at radius 1 is 1.19 bits per heavy atom. The zero-order valence-corrected chi connectivity index (χ0v) is 14.7. The summed E-state index contributed by atoms with van der Waals surface area (Å²) < 4.78 is 22.2. The number of terminal acetylenes is 1. The number of nitriles is 1. The summed E-state index contributed by atoms with van der Waals surface area (Å²) in [6.07, 6.45) is 5.32. The smallest absolute Gasteiger partial charge is 0.231 e. The van der Waals surface area contributed by atoms with E-state index >= 15 is 0 Å². The molecule has 2 aromatic carbocycles. The van der Waals surface area contributed by atoms with Crippen LogP contribution in [0.4, 0.5) is 0 Å². The lowest BCUT2D eigenvalue weighted by molar-refractivity contribution is 0.174. The Bertz CT molecular complexity index is 1050. The van der Waals surface area contributed by atoms with Crippen LogP contribution in [-0.4, -0.2) is 13.4 Å². The average molecular weight is 381 g/mol. The minimum Gasteiger partial charge on any atom is -0.481 e. The molecular weight excluding hydrogens is 368 g/mol. The molecule has 0 aromatic heterocycles. The number of hydrogen-bond acceptors (Lipinski definition) is 6. The number of nitrogens with two attached hydrogens (primary N) is 1. The summed E-state index contributed by atoms with van der Waals surface area (Å²) in [6, 6.07) is 10.7. The monoisotopic (exact) mass is 380 g/mol. The molecule has 0 amide bonds. The van der Waals surface area contributed by atoms with Gasteiger partial charge < -0.3 is 24.7 Å². The Balaban J connectivity index is 1.93. The maximum Gasteiger partial charge on any atom is 0.231 e. The van der Waals surface area contributed by atoms with Crippen molar-refractivity contribution in [3.63, 3.8) is 0 Å². The normalized spacial score (nSPS) is 16.8.